The maximum atomic E-state index is 11.5. The third-order valence-electron chi connectivity index (χ3n) is 2.73. The van der Waals surface area contributed by atoms with Crippen molar-refractivity contribution in [3.05, 3.63) is 0 Å². The average Bonchev–Trinajstić information content (AvgIpc) is 2.26. The molecule has 0 aromatic heterocycles. The molecule has 7 heteroatoms. The number of thioether (sulfide) groups is 1. The van der Waals surface area contributed by atoms with Gasteiger partial charge in [0, 0.05) is 24.1 Å². The molecule has 5 nitrogen and oxygen atoms in total. The first kappa shape index (κ1) is 17.5. The number of rotatable bonds is 5. The van der Waals surface area contributed by atoms with Crippen LogP contribution in [-0.4, -0.2) is 59.1 Å². The summed E-state index contributed by atoms with van der Waals surface area (Å²) in [6, 6.07) is 0. The number of carbonyl (C=O) groups is 2. The summed E-state index contributed by atoms with van der Waals surface area (Å²) in [5.74, 6) is 0.425. The Bertz CT molecular complexity index is 289. The second-order valence-corrected chi connectivity index (χ2v) is 5.91. The van der Waals surface area contributed by atoms with Crippen LogP contribution in [0.4, 0.5) is 0 Å². The highest BCUT2D eigenvalue weighted by Gasteiger charge is 2.24. The summed E-state index contributed by atoms with van der Waals surface area (Å²) in [6.07, 6.45) is 0. The van der Waals surface area contributed by atoms with E-state index in [0.717, 1.165) is 18.8 Å². The molecule has 1 heterocycles. The highest BCUT2D eigenvalue weighted by atomic mass is 35.5. The van der Waals surface area contributed by atoms with Crippen LogP contribution in [0.1, 0.15) is 13.8 Å². The van der Waals surface area contributed by atoms with Gasteiger partial charge in [0.05, 0.1) is 6.54 Å². The van der Waals surface area contributed by atoms with Gasteiger partial charge < -0.3 is 10.4 Å². The van der Waals surface area contributed by atoms with Gasteiger partial charge in [-0.2, -0.15) is 11.8 Å². The molecule has 0 aromatic rings. The smallest absolute Gasteiger partial charge is 0.322 e. The minimum absolute atomic E-state index is 0. The van der Waals surface area contributed by atoms with Gasteiger partial charge in [0.15, 0.2) is 0 Å². The fourth-order valence-electron chi connectivity index (χ4n) is 1.71. The zero-order valence-corrected chi connectivity index (χ0v) is 12.4. The van der Waals surface area contributed by atoms with E-state index in [1.165, 1.54) is 0 Å². The standard InChI is InChI=1S/C11H20N2O3S.ClH/c1-8(2)9-6-13(3-4-17-9)7-10(14)12-5-11(15)16;/h8-9H,3-7H2,1-2H3,(H,12,14)(H,15,16);1H. The van der Waals surface area contributed by atoms with Crippen LogP contribution < -0.4 is 5.32 Å². The van der Waals surface area contributed by atoms with E-state index in [2.05, 4.69) is 24.1 Å². The molecule has 106 valence electrons. The molecule has 1 atom stereocenters. The fraction of sp³-hybridized carbons (Fsp3) is 0.818. The van der Waals surface area contributed by atoms with Crippen LogP contribution in [0, 0.1) is 5.92 Å². The van der Waals surface area contributed by atoms with Gasteiger partial charge >= 0.3 is 5.97 Å². The molecule has 1 amide bonds. The normalized spacial score (nSPS) is 20.3. The predicted octanol–water partition coefficient (Wildman–Crippen LogP) is 0.682. The van der Waals surface area contributed by atoms with Gasteiger partial charge in [0.1, 0.15) is 6.54 Å². The fourth-order valence-corrected chi connectivity index (χ4v) is 3.08. The number of carbonyl (C=O) groups excluding carboxylic acids is 1. The molecular formula is C11H21ClN2O3S. The Morgan fingerprint density at radius 3 is 2.72 bits per heavy atom. The van der Waals surface area contributed by atoms with Crippen molar-refractivity contribution in [2.75, 3.05) is 31.9 Å². The van der Waals surface area contributed by atoms with Gasteiger partial charge in [-0.3, -0.25) is 14.5 Å². The molecule has 0 aromatic carbocycles. The van der Waals surface area contributed by atoms with E-state index in [4.69, 9.17) is 5.11 Å². The summed E-state index contributed by atoms with van der Waals surface area (Å²) in [4.78, 5) is 23.9. The van der Waals surface area contributed by atoms with Crippen LogP contribution in [0.25, 0.3) is 0 Å². The quantitative estimate of drug-likeness (QED) is 0.781. The van der Waals surface area contributed by atoms with Crippen LogP contribution in [0.3, 0.4) is 0 Å². The number of carboxylic acid groups (broad SMARTS) is 1. The Morgan fingerprint density at radius 2 is 2.17 bits per heavy atom. The zero-order chi connectivity index (χ0) is 12.8. The first-order valence-corrected chi connectivity index (χ1v) is 6.86. The molecular weight excluding hydrogens is 276 g/mol. The van der Waals surface area contributed by atoms with Crippen molar-refractivity contribution in [2.24, 2.45) is 5.92 Å². The Labute approximate surface area is 118 Å². The lowest BCUT2D eigenvalue weighted by Crippen LogP contribution is -2.45. The molecule has 1 aliphatic rings. The lowest BCUT2D eigenvalue weighted by molar-refractivity contribution is -0.138. The summed E-state index contributed by atoms with van der Waals surface area (Å²) in [6.45, 7) is 6.18. The number of nitrogens with zero attached hydrogens (tertiary/aromatic N) is 1. The van der Waals surface area contributed by atoms with Gasteiger partial charge in [0.25, 0.3) is 0 Å². The van der Waals surface area contributed by atoms with E-state index >= 15 is 0 Å². The molecule has 18 heavy (non-hydrogen) atoms. The van der Waals surface area contributed by atoms with E-state index < -0.39 is 5.97 Å². The maximum absolute atomic E-state index is 11.5. The molecule has 1 fully saturated rings. The minimum atomic E-state index is -1.01. The molecule has 0 bridgehead atoms. The number of carboxylic acids is 1. The van der Waals surface area contributed by atoms with E-state index in [0.29, 0.717) is 17.7 Å². The Kier molecular flexibility index (Phi) is 8.39. The number of hydrogen-bond acceptors (Lipinski definition) is 4. The zero-order valence-electron chi connectivity index (χ0n) is 10.7. The summed E-state index contributed by atoms with van der Waals surface area (Å²) >= 11 is 1.95. The van der Waals surface area contributed by atoms with Crippen LogP contribution in [-0.2, 0) is 9.59 Å². The third kappa shape index (κ3) is 6.47. The van der Waals surface area contributed by atoms with Crippen LogP contribution in [0.15, 0.2) is 0 Å². The molecule has 1 unspecified atom stereocenters. The number of halogens is 1. The maximum Gasteiger partial charge on any atom is 0.322 e. The highest BCUT2D eigenvalue weighted by Crippen LogP contribution is 2.24. The van der Waals surface area contributed by atoms with Crippen molar-refractivity contribution in [1.82, 2.24) is 10.2 Å². The van der Waals surface area contributed by atoms with Crippen molar-refractivity contribution in [1.29, 1.82) is 0 Å². The summed E-state index contributed by atoms with van der Waals surface area (Å²) in [5.41, 5.74) is 0. The number of aliphatic carboxylic acids is 1. The topological polar surface area (TPSA) is 69.6 Å². The van der Waals surface area contributed by atoms with Crippen LogP contribution in [0.5, 0.6) is 0 Å². The lowest BCUT2D eigenvalue weighted by atomic mass is 10.1. The van der Waals surface area contributed by atoms with Gasteiger partial charge in [-0.25, -0.2) is 0 Å². The predicted molar refractivity (Wildman–Crippen MR) is 75.4 cm³/mol. The third-order valence-corrected chi connectivity index (χ3v) is 4.26. The van der Waals surface area contributed by atoms with Crippen LogP contribution >= 0.6 is 24.2 Å². The number of amides is 1. The van der Waals surface area contributed by atoms with Crippen LogP contribution in [0.2, 0.25) is 0 Å². The molecule has 2 N–H and O–H groups in total. The lowest BCUT2D eigenvalue weighted by Gasteiger charge is -2.33. The van der Waals surface area contributed by atoms with Gasteiger partial charge in [0.2, 0.25) is 5.91 Å². The first-order chi connectivity index (χ1) is 7.99. The van der Waals surface area contributed by atoms with Crippen molar-refractivity contribution in [3.8, 4) is 0 Å². The van der Waals surface area contributed by atoms with Crippen molar-refractivity contribution >= 4 is 36.0 Å². The van der Waals surface area contributed by atoms with Gasteiger partial charge in [-0.15, -0.1) is 12.4 Å². The van der Waals surface area contributed by atoms with Crippen molar-refractivity contribution < 1.29 is 14.7 Å². The molecule has 1 rings (SSSR count). The second-order valence-electron chi connectivity index (χ2n) is 4.56. The molecule has 1 aliphatic heterocycles. The summed E-state index contributed by atoms with van der Waals surface area (Å²) in [7, 11) is 0. The summed E-state index contributed by atoms with van der Waals surface area (Å²) in [5, 5.41) is 11.4. The molecule has 0 saturated carbocycles. The highest BCUT2D eigenvalue weighted by molar-refractivity contribution is 8.00. The average molecular weight is 297 g/mol. The first-order valence-electron chi connectivity index (χ1n) is 5.81. The molecule has 1 saturated heterocycles. The van der Waals surface area contributed by atoms with Crippen molar-refractivity contribution in [3.63, 3.8) is 0 Å². The largest absolute Gasteiger partial charge is 0.480 e. The monoisotopic (exact) mass is 296 g/mol. The Balaban J connectivity index is 0.00000289. The second kappa shape index (κ2) is 8.61. The van der Waals surface area contributed by atoms with Gasteiger partial charge in [-0.05, 0) is 5.92 Å². The van der Waals surface area contributed by atoms with E-state index in [-0.39, 0.29) is 24.9 Å². The Morgan fingerprint density at radius 1 is 1.50 bits per heavy atom. The molecule has 0 radical (unpaired) electrons. The minimum Gasteiger partial charge on any atom is -0.480 e. The number of hydrogen-bond donors (Lipinski definition) is 2. The van der Waals surface area contributed by atoms with E-state index in [1.54, 1.807) is 0 Å². The van der Waals surface area contributed by atoms with E-state index in [1.807, 2.05) is 11.8 Å². The SMILES string of the molecule is CC(C)C1CN(CC(=O)NCC(=O)O)CCS1.Cl. The summed E-state index contributed by atoms with van der Waals surface area (Å²) < 4.78 is 0. The molecule has 0 aliphatic carbocycles. The van der Waals surface area contributed by atoms with Gasteiger partial charge in [-0.1, -0.05) is 13.8 Å². The van der Waals surface area contributed by atoms with Crippen molar-refractivity contribution in [2.45, 2.75) is 19.1 Å². The number of nitrogens with one attached hydrogen (secondary N) is 1. The Hall–Kier alpha value is -0.460. The van der Waals surface area contributed by atoms with E-state index in [9.17, 15) is 9.59 Å². The molecule has 0 spiro atoms.